The maximum absolute atomic E-state index is 12.6. The molecule has 2 heterocycles. The number of amides is 1. The number of H-pyrrole nitrogens is 1. The average molecular weight is 312 g/mol. The molecule has 0 spiro atoms. The summed E-state index contributed by atoms with van der Waals surface area (Å²) in [5.41, 5.74) is 8.13. The molecule has 5 nitrogen and oxygen atoms in total. The molecule has 122 valence electrons. The lowest BCUT2D eigenvalue weighted by Gasteiger charge is -2.27. The van der Waals surface area contributed by atoms with Gasteiger partial charge in [0.25, 0.3) is 0 Å². The standard InChI is InChI=1S/C18H24N4O/c1-12(2)16(19)18(23)22-10-6-9-15(22)17-20-11-14(21-17)13-7-4-3-5-8-13/h3-5,7-8,11-12,15-16H,6,9-10,19H2,1-2H3,(H,20,21). The van der Waals surface area contributed by atoms with Crippen LogP contribution in [0.25, 0.3) is 11.3 Å². The predicted molar refractivity (Wildman–Crippen MR) is 90.5 cm³/mol. The second kappa shape index (κ2) is 6.54. The Morgan fingerprint density at radius 3 is 2.78 bits per heavy atom. The highest BCUT2D eigenvalue weighted by atomic mass is 16.2. The Labute approximate surface area is 136 Å². The van der Waals surface area contributed by atoms with Crippen LogP contribution >= 0.6 is 0 Å². The maximum atomic E-state index is 12.6. The third-order valence-electron chi connectivity index (χ3n) is 4.54. The fourth-order valence-corrected chi connectivity index (χ4v) is 3.06. The van der Waals surface area contributed by atoms with Crippen molar-refractivity contribution in [1.82, 2.24) is 14.9 Å². The molecule has 1 aliphatic heterocycles. The summed E-state index contributed by atoms with van der Waals surface area (Å²) in [5.74, 6) is 1.02. The topological polar surface area (TPSA) is 75.0 Å². The molecule has 0 aliphatic carbocycles. The molecular weight excluding hydrogens is 288 g/mol. The highest BCUT2D eigenvalue weighted by Gasteiger charge is 2.35. The molecule has 0 radical (unpaired) electrons. The van der Waals surface area contributed by atoms with Crippen molar-refractivity contribution in [1.29, 1.82) is 0 Å². The summed E-state index contributed by atoms with van der Waals surface area (Å²) in [7, 11) is 0. The zero-order valence-corrected chi connectivity index (χ0v) is 13.7. The number of benzene rings is 1. The van der Waals surface area contributed by atoms with Gasteiger partial charge in [0.05, 0.1) is 24.0 Å². The van der Waals surface area contributed by atoms with Crippen molar-refractivity contribution in [3.05, 3.63) is 42.4 Å². The van der Waals surface area contributed by atoms with E-state index in [0.717, 1.165) is 36.5 Å². The SMILES string of the molecule is CC(C)C(N)C(=O)N1CCCC1c1ncc(-c2ccccc2)[nH]1. The molecule has 0 saturated carbocycles. The van der Waals surface area contributed by atoms with Crippen molar-refractivity contribution in [2.24, 2.45) is 11.7 Å². The molecular formula is C18H24N4O. The largest absolute Gasteiger partial charge is 0.340 e. The summed E-state index contributed by atoms with van der Waals surface area (Å²) in [4.78, 5) is 22.4. The number of carbonyl (C=O) groups is 1. The number of aromatic amines is 1. The molecule has 5 heteroatoms. The van der Waals surface area contributed by atoms with Gasteiger partial charge < -0.3 is 15.6 Å². The van der Waals surface area contributed by atoms with Crippen LogP contribution in [0.4, 0.5) is 0 Å². The highest BCUT2D eigenvalue weighted by Crippen LogP contribution is 2.32. The minimum atomic E-state index is -0.445. The van der Waals surface area contributed by atoms with Gasteiger partial charge in [0.2, 0.25) is 5.91 Å². The predicted octanol–water partition coefficient (Wildman–Crippen LogP) is 2.72. The van der Waals surface area contributed by atoms with E-state index >= 15 is 0 Å². The number of likely N-dealkylation sites (tertiary alicyclic amines) is 1. The van der Waals surface area contributed by atoms with Crippen molar-refractivity contribution < 1.29 is 4.79 Å². The summed E-state index contributed by atoms with van der Waals surface area (Å²) in [6, 6.07) is 9.65. The molecule has 2 unspecified atom stereocenters. The van der Waals surface area contributed by atoms with Gasteiger partial charge in [-0.3, -0.25) is 4.79 Å². The van der Waals surface area contributed by atoms with E-state index in [1.165, 1.54) is 0 Å². The third kappa shape index (κ3) is 3.15. The number of rotatable bonds is 4. The van der Waals surface area contributed by atoms with E-state index in [-0.39, 0.29) is 17.9 Å². The molecule has 0 bridgehead atoms. The first-order chi connectivity index (χ1) is 11.1. The Kier molecular flexibility index (Phi) is 4.48. The zero-order chi connectivity index (χ0) is 16.4. The Balaban J connectivity index is 1.81. The number of nitrogens with two attached hydrogens (primary N) is 1. The zero-order valence-electron chi connectivity index (χ0n) is 13.7. The third-order valence-corrected chi connectivity index (χ3v) is 4.54. The number of hydrogen-bond acceptors (Lipinski definition) is 3. The van der Waals surface area contributed by atoms with Crippen LogP contribution in [0.15, 0.2) is 36.5 Å². The Morgan fingerprint density at radius 1 is 1.35 bits per heavy atom. The smallest absolute Gasteiger partial charge is 0.240 e. The van der Waals surface area contributed by atoms with E-state index in [9.17, 15) is 4.79 Å². The van der Waals surface area contributed by atoms with Gasteiger partial charge in [0.1, 0.15) is 5.82 Å². The molecule has 2 aromatic rings. The lowest BCUT2D eigenvalue weighted by Crippen LogP contribution is -2.46. The van der Waals surface area contributed by atoms with E-state index in [4.69, 9.17) is 5.73 Å². The molecule has 1 aromatic heterocycles. The minimum absolute atomic E-state index is 0.00441. The van der Waals surface area contributed by atoms with Crippen LogP contribution in [0.5, 0.6) is 0 Å². The van der Waals surface area contributed by atoms with Crippen molar-refractivity contribution in [2.75, 3.05) is 6.54 Å². The lowest BCUT2D eigenvalue weighted by atomic mass is 10.0. The second-order valence-electron chi connectivity index (χ2n) is 6.51. The van der Waals surface area contributed by atoms with Crippen LogP contribution in [0.2, 0.25) is 0 Å². The molecule has 3 rings (SSSR count). The Morgan fingerprint density at radius 2 is 2.09 bits per heavy atom. The monoisotopic (exact) mass is 312 g/mol. The Bertz CT molecular complexity index is 665. The summed E-state index contributed by atoms with van der Waals surface area (Å²) in [6.45, 7) is 4.72. The van der Waals surface area contributed by atoms with Crippen LogP contribution in [-0.2, 0) is 4.79 Å². The Hall–Kier alpha value is -2.14. The van der Waals surface area contributed by atoms with Crippen LogP contribution in [0.1, 0.15) is 38.6 Å². The van der Waals surface area contributed by atoms with Gasteiger partial charge in [-0.2, -0.15) is 0 Å². The van der Waals surface area contributed by atoms with Gasteiger partial charge in [-0.1, -0.05) is 44.2 Å². The number of aromatic nitrogens is 2. The first-order valence-corrected chi connectivity index (χ1v) is 8.24. The van der Waals surface area contributed by atoms with Crippen molar-refractivity contribution in [3.63, 3.8) is 0 Å². The highest BCUT2D eigenvalue weighted by molar-refractivity contribution is 5.82. The van der Waals surface area contributed by atoms with E-state index in [0.29, 0.717) is 0 Å². The van der Waals surface area contributed by atoms with E-state index in [2.05, 4.69) is 9.97 Å². The molecule has 23 heavy (non-hydrogen) atoms. The first-order valence-electron chi connectivity index (χ1n) is 8.24. The van der Waals surface area contributed by atoms with Gasteiger partial charge in [-0.15, -0.1) is 0 Å². The fraction of sp³-hybridized carbons (Fsp3) is 0.444. The van der Waals surface area contributed by atoms with Crippen LogP contribution in [0.3, 0.4) is 0 Å². The molecule has 1 amide bonds. The van der Waals surface area contributed by atoms with E-state index < -0.39 is 6.04 Å². The molecule has 2 atom stereocenters. The van der Waals surface area contributed by atoms with Crippen LogP contribution in [0, 0.1) is 5.92 Å². The molecule has 1 saturated heterocycles. The van der Waals surface area contributed by atoms with Gasteiger partial charge in [-0.25, -0.2) is 4.98 Å². The van der Waals surface area contributed by atoms with Crippen LogP contribution < -0.4 is 5.73 Å². The van der Waals surface area contributed by atoms with Gasteiger partial charge in [0, 0.05) is 6.54 Å². The number of nitrogens with zero attached hydrogens (tertiary/aromatic N) is 2. The second-order valence-corrected chi connectivity index (χ2v) is 6.51. The van der Waals surface area contributed by atoms with Gasteiger partial charge >= 0.3 is 0 Å². The van der Waals surface area contributed by atoms with E-state index in [1.807, 2.05) is 55.3 Å². The van der Waals surface area contributed by atoms with Gasteiger partial charge in [0.15, 0.2) is 0 Å². The lowest BCUT2D eigenvalue weighted by molar-refractivity contribution is -0.134. The molecule has 1 fully saturated rings. The average Bonchev–Trinajstić information content (AvgIpc) is 3.22. The van der Waals surface area contributed by atoms with Crippen LogP contribution in [-0.4, -0.2) is 33.4 Å². The maximum Gasteiger partial charge on any atom is 0.240 e. The molecule has 1 aromatic carbocycles. The molecule has 1 aliphatic rings. The fourth-order valence-electron chi connectivity index (χ4n) is 3.06. The number of carbonyl (C=O) groups excluding carboxylic acids is 1. The van der Waals surface area contributed by atoms with Crippen molar-refractivity contribution in [2.45, 2.75) is 38.8 Å². The number of nitrogens with one attached hydrogen (secondary N) is 1. The quantitative estimate of drug-likeness (QED) is 0.911. The molecule has 3 N–H and O–H groups in total. The normalized spacial score (nSPS) is 19.3. The van der Waals surface area contributed by atoms with E-state index in [1.54, 1.807) is 0 Å². The minimum Gasteiger partial charge on any atom is -0.340 e. The summed E-state index contributed by atoms with van der Waals surface area (Å²) < 4.78 is 0. The summed E-state index contributed by atoms with van der Waals surface area (Å²) in [6.07, 6.45) is 3.76. The van der Waals surface area contributed by atoms with Crippen molar-refractivity contribution in [3.8, 4) is 11.3 Å². The number of hydrogen-bond donors (Lipinski definition) is 2. The summed E-state index contributed by atoms with van der Waals surface area (Å²) >= 11 is 0. The first kappa shape index (κ1) is 15.7. The van der Waals surface area contributed by atoms with Crippen molar-refractivity contribution >= 4 is 5.91 Å². The summed E-state index contributed by atoms with van der Waals surface area (Å²) in [5, 5.41) is 0. The number of imidazole rings is 1. The van der Waals surface area contributed by atoms with Gasteiger partial charge in [-0.05, 0) is 24.3 Å².